The van der Waals surface area contributed by atoms with Gasteiger partial charge in [-0.1, -0.05) is 50.6 Å². The number of carbonyl (C=O) groups excluding carboxylic acids is 1. The number of nitrogens with one attached hydrogen (secondary N) is 1. The molecule has 1 heterocycles. The Morgan fingerprint density at radius 2 is 2.00 bits per heavy atom. The van der Waals surface area contributed by atoms with Crippen molar-refractivity contribution in [3.8, 4) is 0 Å². The fourth-order valence-corrected chi connectivity index (χ4v) is 4.43. The molecular formula is C21H31NO2. The predicted octanol–water partition coefficient (Wildman–Crippen LogP) is 4.11. The molecule has 3 nitrogen and oxygen atoms in total. The van der Waals surface area contributed by atoms with E-state index in [2.05, 4.69) is 50.4 Å². The summed E-state index contributed by atoms with van der Waals surface area (Å²) in [4.78, 5) is 13.0. The van der Waals surface area contributed by atoms with Gasteiger partial charge in [-0.3, -0.25) is 10.1 Å². The zero-order valence-electron chi connectivity index (χ0n) is 15.3. The standard InChI is InChI=1S/C21H31NO2/c1-16(2)18-14-24-20(3,22-18)15-21(12-8-7-11-19(21)23)13-17-9-5-4-6-10-17/h4-6,9-10,16,18,22H,7-8,11-15H2,1-3H3/t18-,20-,21+/m1/s1. The molecule has 0 amide bonds. The first-order chi connectivity index (χ1) is 11.4. The maximum Gasteiger partial charge on any atom is 0.139 e. The Kier molecular flexibility index (Phi) is 5.12. The maximum absolute atomic E-state index is 13.0. The summed E-state index contributed by atoms with van der Waals surface area (Å²) in [5.74, 6) is 0.969. The summed E-state index contributed by atoms with van der Waals surface area (Å²) in [6, 6.07) is 10.8. The zero-order chi connectivity index (χ0) is 17.2. The molecule has 3 rings (SSSR count). The monoisotopic (exact) mass is 329 g/mol. The Morgan fingerprint density at radius 3 is 2.62 bits per heavy atom. The Morgan fingerprint density at radius 1 is 1.25 bits per heavy atom. The molecule has 24 heavy (non-hydrogen) atoms. The average Bonchev–Trinajstić information content (AvgIpc) is 2.93. The van der Waals surface area contributed by atoms with Gasteiger partial charge in [-0.25, -0.2) is 0 Å². The zero-order valence-corrected chi connectivity index (χ0v) is 15.3. The summed E-state index contributed by atoms with van der Waals surface area (Å²) in [5, 5.41) is 3.67. The minimum Gasteiger partial charge on any atom is -0.359 e. The smallest absolute Gasteiger partial charge is 0.139 e. The van der Waals surface area contributed by atoms with Gasteiger partial charge in [-0.05, 0) is 37.7 Å². The lowest BCUT2D eigenvalue weighted by Crippen LogP contribution is -2.50. The second-order valence-corrected chi connectivity index (χ2v) is 8.29. The van der Waals surface area contributed by atoms with Crippen LogP contribution in [-0.4, -0.2) is 24.2 Å². The molecule has 1 aromatic rings. The number of benzene rings is 1. The van der Waals surface area contributed by atoms with Crippen molar-refractivity contribution in [3.63, 3.8) is 0 Å². The van der Waals surface area contributed by atoms with Gasteiger partial charge in [0.1, 0.15) is 11.5 Å². The van der Waals surface area contributed by atoms with E-state index in [-0.39, 0.29) is 5.41 Å². The molecule has 132 valence electrons. The van der Waals surface area contributed by atoms with Crippen LogP contribution in [0.4, 0.5) is 0 Å². The van der Waals surface area contributed by atoms with Gasteiger partial charge >= 0.3 is 0 Å². The van der Waals surface area contributed by atoms with Crippen molar-refractivity contribution in [2.45, 2.75) is 71.1 Å². The van der Waals surface area contributed by atoms with Crippen LogP contribution >= 0.6 is 0 Å². The average molecular weight is 329 g/mol. The third-order valence-electron chi connectivity index (χ3n) is 5.84. The lowest BCUT2D eigenvalue weighted by molar-refractivity contribution is -0.137. The van der Waals surface area contributed by atoms with Crippen LogP contribution in [0, 0.1) is 11.3 Å². The number of ketones is 1. The number of carbonyl (C=O) groups is 1. The molecule has 0 bridgehead atoms. The van der Waals surface area contributed by atoms with E-state index in [0.29, 0.717) is 17.7 Å². The quantitative estimate of drug-likeness (QED) is 0.883. The molecule has 1 saturated carbocycles. The first kappa shape index (κ1) is 17.6. The van der Waals surface area contributed by atoms with Gasteiger partial charge < -0.3 is 4.74 Å². The van der Waals surface area contributed by atoms with Crippen molar-refractivity contribution in [3.05, 3.63) is 35.9 Å². The molecule has 0 aromatic heterocycles. The van der Waals surface area contributed by atoms with Crippen molar-refractivity contribution in [2.24, 2.45) is 11.3 Å². The van der Waals surface area contributed by atoms with Crippen molar-refractivity contribution >= 4 is 5.78 Å². The van der Waals surface area contributed by atoms with Crippen molar-refractivity contribution in [2.75, 3.05) is 6.61 Å². The van der Waals surface area contributed by atoms with Gasteiger partial charge in [-0.2, -0.15) is 0 Å². The van der Waals surface area contributed by atoms with Crippen molar-refractivity contribution in [1.29, 1.82) is 0 Å². The molecule has 3 atom stereocenters. The van der Waals surface area contributed by atoms with Gasteiger partial charge in [0.2, 0.25) is 0 Å². The molecule has 0 unspecified atom stereocenters. The van der Waals surface area contributed by atoms with E-state index in [1.165, 1.54) is 5.56 Å². The van der Waals surface area contributed by atoms with E-state index >= 15 is 0 Å². The summed E-state index contributed by atoms with van der Waals surface area (Å²) in [6.45, 7) is 7.31. The third kappa shape index (κ3) is 3.73. The molecule has 3 heteroatoms. The second-order valence-electron chi connectivity index (χ2n) is 8.29. The van der Waals surface area contributed by atoms with E-state index in [9.17, 15) is 4.79 Å². The summed E-state index contributed by atoms with van der Waals surface area (Å²) in [5.41, 5.74) is 0.582. The van der Waals surface area contributed by atoms with E-state index in [1.807, 2.05) is 6.07 Å². The maximum atomic E-state index is 13.0. The van der Waals surface area contributed by atoms with E-state index in [0.717, 1.165) is 45.1 Å². The highest BCUT2D eigenvalue weighted by molar-refractivity contribution is 5.86. The van der Waals surface area contributed by atoms with Crippen LogP contribution in [0.3, 0.4) is 0 Å². The van der Waals surface area contributed by atoms with Gasteiger partial charge in [0.25, 0.3) is 0 Å². The molecule has 0 spiro atoms. The molecular weight excluding hydrogens is 298 g/mol. The van der Waals surface area contributed by atoms with E-state index < -0.39 is 5.72 Å². The van der Waals surface area contributed by atoms with Crippen molar-refractivity contribution < 1.29 is 9.53 Å². The van der Waals surface area contributed by atoms with Gasteiger partial charge in [0.05, 0.1) is 6.61 Å². The SMILES string of the molecule is CC(C)[C@H]1CO[C@](C)(C[C@@]2(Cc3ccccc3)CCCCC2=O)N1. The summed E-state index contributed by atoms with van der Waals surface area (Å²) in [7, 11) is 0. The number of hydrogen-bond acceptors (Lipinski definition) is 3. The van der Waals surface area contributed by atoms with E-state index in [4.69, 9.17) is 4.74 Å². The van der Waals surface area contributed by atoms with Crippen LogP contribution in [0.2, 0.25) is 0 Å². The fraction of sp³-hybridized carbons (Fsp3) is 0.667. The number of Topliss-reactive ketones (excluding diaryl/α,β-unsaturated/α-hetero) is 1. The molecule has 1 aliphatic heterocycles. The summed E-state index contributed by atoms with van der Waals surface area (Å²) >= 11 is 0. The highest BCUT2D eigenvalue weighted by atomic mass is 16.5. The van der Waals surface area contributed by atoms with Gasteiger partial charge in [-0.15, -0.1) is 0 Å². The van der Waals surface area contributed by atoms with Crippen LogP contribution in [0.15, 0.2) is 30.3 Å². The first-order valence-corrected chi connectivity index (χ1v) is 9.41. The van der Waals surface area contributed by atoms with Crippen LogP contribution in [0.25, 0.3) is 0 Å². The van der Waals surface area contributed by atoms with Gasteiger partial charge in [0.15, 0.2) is 0 Å². The van der Waals surface area contributed by atoms with Crippen LogP contribution in [-0.2, 0) is 16.0 Å². The first-order valence-electron chi connectivity index (χ1n) is 9.41. The fourth-order valence-electron chi connectivity index (χ4n) is 4.43. The Hall–Kier alpha value is -1.19. The molecule has 2 fully saturated rings. The number of ether oxygens (including phenoxy) is 1. The molecule has 2 aliphatic rings. The highest BCUT2D eigenvalue weighted by Gasteiger charge is 2.48. The Bertz CT molecular complexity index is 570. The Labute approximate surface area is 146 Å². The Balaban J connectivity index is 1.82. The molecule has 1 aromatic carbocycles. The normalized spacial score (nSPS) is 34.0. The minimum atomic E-state index is -0.392. The molecule has 1 saturated heterocycles. The third-order valence-corrected chi connectivity index (χ3v) is 5.84. The van der Waals surface area contributed by atoms with Crippen LogP contribution in [0.1, 0.15) is 58.4 Å². The second kappa shape index (κ2) is 6.97. The van der Waals surface area contributed by atoms with Crippen LogP contribution < -0.4 is 5.32 Å². The predicted molar refractivity (Wildman–Crippen MR) is 96.8 cm³/mol. The highest BCUT2D eigenvalue weighted by Crippen LogP contribution is 2.44. The molecule has 1 aliphatic carbocycles. The topological polar surface area (TPSA) is 38.3 Å². The lowest BCUT2D eigenvalue weighted by atomic mass is 9.65. The lowest BCUT2D eigenvalue weighted by Gasteiger charge is -2.41. The minimum absolute atomic E-state index is 0.285. The van der Waals surface area contributed by atoms with Gasteiger partial charge in [0, 0.05) is 24.3 Å². The largest absolute Gasteiger partial charge is 0.359 e. The number of hydrogen-bond donors (Lipinski definition) is 1. The molecule has 0 radical (unpaired) electrons. The summed E-state index contributed by atoms with van der Waals surface area (Å²) < 4.78 is 6.16. The van der Waals surface area contributed by atoms with Crippen LogP contribution in [0.5, 0.6) is 0 Å². The van der Waals surface area contributed by atoms with Crippen molar-refractivity contribution in [1.82, 2.24) is 5.32 Å². The number of rotatable bonds is 5. The molecule has 1 N–H and O–H groups in total. The summed E-state index contributed by atoms with van der Waals surface area (Å²) in [6.07, 6.45) is 5.48. The van der Waals surface area contributed by atoms with E-state index in [1.54, 1.807) is 0 Å².